The van der Waals surface area contributed by atoms with Crippen LogP contribution in [0, 0.1) is 0 Å². The van der Waals surface area contributed by atoms with Crippen molar-refractivity contribution in [3.63, 3.8) is 0 Å². The van der Waals surface area contributed by atoms with Gasteiger partial charge in [-0.05, 0) is 24.0 Å². The van der Waals surface area contributed by atoms with Crippen LogP contribution in [0.5, 0.6) is 0 Å². The maximum absolute atomic E-state index is 12.9. The van der Waals surface area contributed by atoms with Crippen molar-refractivity contribution in [3.05, 3.63) is 70.8 Å². The number of carboxylic acids is 2. The third-order valence-electron chi connectivity index (χ3n) is 4.64. The fourth-order valence-electron chi connectivity index (χ4n) is 2.98. The van der Waals surface area contributed by atoms with Gasteiger partial charge in [-0.25, -0.2) is 0 Å². The molecule has 0 aliphatic rings. The molecule has 8 N–H and O–H groups in total. The van der Waals surface area contributed by atoms with Gasteiger partial charge in [0, 0.05) is 11.1 Å². The molecule has 0 aliphatic carbocycles. The van der Waals surface area contributed by atoms with E-state index in [0.717, 1.165) is 0 Å². The summed E-state index contributed by atoms with van der Waals surface area (Å²) in [5.41, 5.74) is 18.0. The molecular formula is C21H23N3O6. The van der Waals surface area contributed by atoms with Crippen LogP contribution in [0.1, 0.15) is 31.8 Å². The summed E-state index contributed by atoms with van der Waals surface area (Å²) in [6.45, 7) is 0. The van der Waals surface area contributed by atoms with Gasteiger partial charge in [0.15, 0.2) is 11.6 Å². The molecule has 2 atom stereocenters. The minimum atomic E-state index is -1.56. The highest BCUT2D eigenvalue weighted by atomic mass is 16.4. The maximum Gasteiger partial charge on any atom is 0.320 e. The highest BCUT2D eigenvalue weighted by Crippen LogP contribution is 2.18. The number of benzene rings is 2. The van der Waals surface area contributed by atoms with Crippen molar-refractivity contribution >= 4 is 23.5 Å². The number of Topliss-reactive ketones (excluding diaryl/α,β-unsaturated/α-hetero) is 2. The molecule has 0 bridgehead atoms. The van der Waals surface area contributed by atoms with E-state index in [1.807, 2.05) is 0 Å². The van der Waals surface area contributed by atoms with E-state index >= 15 is 0 Å². The van der Waals surface area contributed by atoms with Gasteiger partial charge in [0.25, 0.3) is 0 Å². The molecule has 9 heteroatoms. The minimum Gasteiger partial charge on any atom is -0.480 e. The lowest BCUT2D eigenvalue weighted by Gasteiger charge is -2.16. The van der Waals surface area contributed by atoms with E-state index in [1.165, 1.54) is 12.1 Å². The monoisotopic (exact) mass is 413 g/mol. The third-order valence-corrected chi connectivity index (χ3v) is 4.64. The SMILES string of the molecule is NC(Cc1ccccc1C(=O)C(N)C(=O)c1ccccc1CC(N)C(=O)O)C(=O)O. The van der Waals surface area contributed by atoms with Crippen molar-refractivity contribution in [2.45, 2.75) is 31.0 Å². The largest absolute Gasteiger partial charge is 0.480 e. The number of ketones is 2. The Morgan fingerprint density at radius 1 is 0.667 bits per heavy atom. The molecule has 0 heterocycles. The van der Waals surface area contributed by atoms with Crippen LogP contribution in [0.2, 0.25) is 0 Å². The van der Waals surface area contributed by atoms with E-state index in [1.54, 1.807) is 36.4 Å². The van der Waals surface area contributed by atoms with Gasteiger partial charge in [0.2, 0.25) is 0 Å². The Labute approximate surface area is 172 Å². The summed E-state index contributed by atoms with van der Waals surface area (Å²) in [7, 11) is 0. The number of nitrogens with two attached hydrogens (primary N) is 3. The van der Waals surface area contributed by atoms with Gasteiger partial charge >= 0.3 is 11.9 Å². The number of carbonyl (C=O) groups is 4. The first-order valence-electron chi connectivity index (χ1n) is 9.10. The van der Waals surface area contributed by atoms with Crippen LogP contribution in [-0.4, -0.2) is 51.8 Å². The molecule has 0 saturated heterocycles. The molecule has 0 spiro atoms. The molecule has 0 fully saturated rings. The van der Waals surface area contributed by atoms with Crippen molar-refractivity contribution in [2.75, 3.05) is 0 Å². The third kappa shape index (κ3) is 5.35. The van der Waals surface area contributed by atoms with E-state index in [4.69, 9.17) is 27.4 Å². The molecule has 2 aromatic rings. The molecule has 0 aliphatic heterocycles. The van der Waals surface area contributed by atoms with Gasteiger partial charge in [-0.2, -0.15) is 0 Å². The Bertz CT molecular complexity index is 897. The molecule has 0 aromatic heterocycles. The van der Waals surface area contributed by atoms with Gasteiger partial charge in [0.1, 0.15) is 18.1 Å². The van der Waals surface area contributed by atoms with Crippen LogP contribution in [-0.2, 0) is 22.4 Å². The Kier molecular flexibility index (Phi) is 7.54. The van der Waals surface area contributed by atoms with Crippen molar-refractivity contribution < 1.29 is 29.4 Å². The number of hydrogen-bond acceptors (Lipinski definition) is 7. The normalized spacial score (nSPS) is 13.8. The van der Waals surface area contributed by atoms with Crippen molar-refractivity contribution in [2.24, 2.45) is 17.2 Å². The Morgan fingerprint density at radius 2 is 1.00 bits per heavy atom. The van der Waals surface area contributed by atoms with Crippen LogP contribution >= 0.6 is 0 Å². The maximum atomic E-state index is 12.9. The first-order chi connectivity index (χ1) is 14.1. The number of rotatable bonds is 10. The number of carboxylic acid groups (broad SMARTS) is 2. The molecule has 30 heavy (non-hydrogen) atoms. The summed E-state index contributed by atoms with van der Waals surface area (Å²) in [6, 6.07) is 8.38. The molecule has 0 amide bonds. The highest BCUT2D eigenvalue weighted by Gasteiger charge is 2.29. The zero-order valence-electron chi connectivity index (χ0n) is 16.0. The van der Waals surface area contributed by atoms with Gasteiger partial charge in [-0.15, -0.1) is 0 Å². The fraction of sp³-hybridized carbons (Fsp3) is 0.238. The lowest BCUT2D eigenvalue weighted by Crippen LogP contribution is -2.41. The summed E-state index contributed by atoms with van der Waals surface area (Å²) in [5.74, 6) is -3.82. The van der Waals surface area contributed by atoms with Crippen LogP contribution in [0.25, 0.3) is 0 Å². The van der Waals surface area contributed by atoms with E-state index in [-0.39, 0.29) is 24.0 Å². The number of carbonyl (C=O) groups excluding carboxylic acids is 2. The molecule has 2 rings (SSSR count). The summed E-state index contributed by atoms with van der Waals surface area (Å²) >= 11 is 0. The topological polar surface area (TPSA) is 187 Å². The first-order valence-corrected chi connectivity index (χ1v) is 9.10. The van der Waals surface area contributed by atoms with Crippen LogP contribution in [0.3, 0.4) is 0 Å². The number of hydrogen-bond donors (Lipinski definition) is 5. The molecule has 2 unspecified atom stereocenters. The second-order valence-electron chi connectivity index (χ2n) is 6.82. The van der Waals surface area contributed by atoms with Crippen molar-refractivity contribution in [1.29, 1.82) is 0 Å². The van der Waals surface area contributed by atoms with E-state index < -0.39 is 41.6 Å². The zero-order chi connectivity index (χ0) is 22.4. The zero-order valence-corrected chi connectivity index (χ0v) is 16.0. The molecule has 0 saturated carbocycles. The summed E-state index contributed by atoms with van der Waals surface area (Å²) in [6.07, 6.45) is -0.218. The average molecular weight is 413 g/mol. The van der Waals surface area contributed by atoms with Gasteiger partial charge in [-0.3, -0.25) is 19.2 Å². The average Bonchev–Trinajstić information content (AvgIpc) is 2.72. The second kappa shape index (κ2) is 9.88. The Balaban J connectivity index is 2.31. The van der Waals surface area contributed by atoms with E-state index in [2.05, 4.69) is 0 Å². The second-order valence-corrected chi connectivity index (χ2v) is 6.82. The Morgan fingerprint density at radius 3 is 1.33 bits per heavy atom. The minimum absolute atomic E-state index is 0.106. The van der Waals surface area contributed by atoms with Crippen LogP contribution < -0.4 is 17.2 Å². The molecule has 0 radical (unpaired) electrons. The highest BCUT2D eigenvalue weighted by molar-refractivity contribution is 6.20. The van der Waals surface area contributed by atoms with Crippen LogP contribution in [0.4, 0.5) is 0 Å². The van der Waals surface area contributed by atoms with E-state index in [9.17, 15) is 19.2 Å². The summed E-state index contributed by atoms with van der Waals surface area (Å²) in [5, 5.41) is 18.0. The van der Waals surface area contributed by atoms with Gasteiger partial charge in [0.05, 0.1) is 0 Å². The predicted molar refractivity (Wildman–Crippen MR) is 108 cm³/mol. The van der Waals surface area contributed by atoms with Crippen LogP contribution in [0.15, 0.2) is 48.5 Å². The van der Waals surface area contributed by atoms with Gasteiger partial charge in [-0.1, -0.05) is 48.5 Å². The predicted octanol–water partition coefficient (Wildman–Crippen LogP) is -0.0117. The summed E-state index contributed by atoms with van der Waals surface area (Å²) in [4.78, 5) is 47.9. The molecule has 9 nitrogen and oxygen atoms in total. The number of aliphatic carboxylic acids is 2. The van der Waals surface area contributed by atoms with E-state index in [0.29, 0.717) is 11.1 Å². The van der Waals surface area contributed by atoms with Crippen molar-refractivity contribution in [3.8, 4) is 0 Å². The molecule has 2 aromatic carbocycles. The van der Waals surface area contributed by atoms with Crippen molar-refractivity contribution in [1.82, 2.24) is 0 Å². The quantitative estimate of drug-likeness (QED) is 0.264. The molecule has 158 valence electrons. The first kappa shape index (κ1) is 22.9. The molecular weight excluding hydrogens is 390 g/mol. The lowest BCUT2D eigenvalue weighted by atomic mass is 9.89. The smallest absolute Gasteiger partial charge is 0.320 e. The fourth-order valence-corrected chi connectivity index (χ4v) is 2.98. The Hall–Kier alpha value is -3.40. The standard InChI is InChI=1S/C21H23N3O6/c22-15(20(27)28)9-11-5-1-3-7-13(11)18(25)17(24)19(26)14-8-4-2-6-12(14)10-16(23)21(29)30/h1-8,15-17H,9-10,22-24H2,(H,27,28)(H,29,30). The summed E-state index contributed by atoms with van der Waals surface area (Å²) < 4.78 is 0. The van der Waals surface area contributed by atoms with Gasteiger partial charge < -0.3 is 27.4 Å². The lowest BCUT2D eigenvalue weighted by molar-refractivity contribution is -0.139.